The maximum Gasteiger partial charge on any atom is 0.278 e. The van der Waals surface area contributed by atoms with Crippen LogP contribution in [0.5, 0.6) is 0 Å². The molecule has 0 bridgehead atoms. The van der Waals surface area contributed by atoms with Crippen LogP contribution < -0.4 is 0 Å². The van der Waals surface area contributed by atoms with Gasteiger partial charge in [0.25, 0.3) is 8.32 Å². The highest BCUT2D eigenvalue weighted by molar-refractivity contribution is 6.69. The van der Waals surface area contributed by atoms with Gasteiger partial charge in [-0.3, -0.25) is 0 Å². The Morgan fingerprint density at radius 3 is 1.91 bits per heavy atom. The van der Waals surface area contributed by atoms with Crippen molar-refractivity contribution in [1.29, 1.82) is 0 Å². The van der Waals surface area contributed by atoms with Gasteiger partial charge >= 0.3 is 0 Å². The van der Waals surface area contributed by atoms with Crippen LogP contribution in [0, 0.1) is 5.41 Å². The minimum atomic E-state index is -1.45. The molecule has 0 aliphatic heterocycles. The number of nitrogens with zero attached hydrogens (tertiary/aromatic N) is 1. The van der Waals surface area contributed by atoms with Crippen molar-refractivity contribution in [3.63, 3.8) is 0 Å². The summed E-state index contributed by atoms with van der Waals surface area (Å²) in [6.45, 7) is 12.7. The first kappa shape index (κ1) is 10.7. The Morgan fingerprint density at radius 1 is 1.18 bits per heavy atom. The third kappa shape index (κ3) is 9.69. The number of oxime groups is 1. The van der Waals surface area contributed by atoms with Gasteiger partial charge in [0.15, 0.2) is 0 Å². The molecule has 0 aromatic rings. The predicted octanol–water partition coefficient (Wildman–Crippen LogP) is 2.87. The molecule has 0 spiro atoms. The predicted molar refractivity (Wildman–Crippen MR) is 52.4 cm³/mol. The Hall–Kier alpha value is -0.313. The minimum absolute atomic E-state index is 0.125. The first-order chi connectivity index (χ1) is 4.71. The lowest BCUT2D eigenvalue weighted by atomic mass is 10.00. The van der Waals surface area contributed by atoms with Crippen LogP contribution in [0.3, 0.4) is 0 Å². The smallest absolute Gasteiger partial charge is 0.278 e. The summed E-state index contributed by atoms with van der Waals surface area (Å²) in [5.41, 5.74) is 0.125. The average molecular weight is 173 g/mol. The van der Waals surface area contributed by atoms with Gasteiger partial charge in [0.2, 0.25) is 0 Å². The minimum Gasteiger partial charge on any atom is -0.456 e. The van der Waals surface area contributed by atoms with Crippen LogP contribution in [-0.2, 0) is 4.53 Å². The number of rotatable bonds is 2. The van der Waals surface area contributed by atoms with E-state index in [0.717, 1.165) is 0 Å². The second-order valence-corrected chi connectivity index (χ2v) is 9.21. The van der Waals surface area contributed by atoms with E-state index in [0.29, 0.717) is 0 Å². The van der Waals surface area contributed by atoms with E-state index < -0.39 is 8.32 Å². The lowest BCUT2D eigenvalue weighted by molar-refractivity contribution is 0.331. The van der Waals surface area contributed by atoms with Crippen molar-refractivity contribution in [2.75, 3.05) is 0 Å². The SMILES string of the molecule is CC(C)(C)/C=N/O[Si](C)(C)C. The summed E-state index contributed by atoms with van der Waals surface area (Å²) in [6, 6.07) is 0. The van der Waals surface area contributed by atoms with E-state index in [4.69, 9.17) is 4.53 Å². The molecule has 0 saturated carbocycles. The van der Waals surface area contributed by atoms with Gasteiger partial charge in [-0.2, -0.15) is 0 Å². The zero-order chi connectivity index (χ0) is 9.12. The van der Waals surface area contributed by atoms with E-state index in [2.05, 4.69) is 45.6 Å². The molecule has 0 unspecified atom stereocenters. The first-order valence-corrected chi connectivity index (χ1v) is 7.34. The van der Waals surface area contributed by atoms with Crippen molar-refractivity contribution in [3.8, 4) is 0 Å². The largest absolute Gasteiger partial charge is 0.456 e. The summed E-state index contributed by atoms with van der Waals surface area (Å²) < 4.78 is 5.31. The maximum atomic E-state index is 5.31. The highest BCUT2D eigenvalue weighted by Crippen LogP contribution is 2.10. The van der Waals surface area contributed by atoms with Crippen LogP contribution >= 0.6 is 0 Å². The van der Waals surface area contributed by atoms with Crippen LogP contribution in [0.4, 0.5) is 0 Å². The van der Waals surface area contributed by atoms with E-state index in [-0.39, 0.29) is 5.41 Å². The summed E-state index contributed by atoms with van der Waals surface area (Å²) in [6.07, 6.45) is 1.85. The Labute approximate surface area is 70.8 Å². The molecule has 3 heteroatoms. The molecular weight excluding hydrogens is 154 g/mol. The van der Waals surface area contributed by atoms with Crippen molar-refractivity contribution >= 4 is 14.5 Å². The van der Waals surface area contributed by atoms with Gasteiger partial charge in [-0.1, -0.05) is 20.8 Å². The monoisotopic (exact) mass is 173 g/mol. The molecule has 0 aromatic heterocycles. The Balaban J connectivity index is 3.80. The van der Waals surface area contributed by atoms with Crippen molar-refractivity contribution in [2.24, 2.45) is 10.6 Å². The summed E-state index contributed by atoms with van der Waals surface area (Å²) in [5, 5.41) is 3.95. The fraction of sp³-hybridized carbons (Fsp3) is 0.875. The zero-order valence-electron chi connectivity index (χ0n) is 8.43. The van der Waals surface area contributed by atoms with Crippen molar-refractivity contribution in [1.82, 2.24) is 0 Å². The fourth-order valence-electron chi connectivity index (χ4n) is 0.343. The molecule has 0 N–H and O–H groups in total. The molecule has 0 fully saturated rings. The van der Waals surface area contributed by atoms with Crippen molar-refractivity contribution in [3.05, 3.63) is 0 Å². The van der Waals surface area contributed by atoms with Crippen LogP contribution in [0.1, 0.15) is 20.8 Å². The standard InChI is InChI=1S/C8H19NOSi/c1-8(2,3)7-9-10-11(4,5)6/h7H,1-6H3/b9-7+. The molecule has 0 rings (SSSR count). The summed E-state index contributed by atoms with van der Waals surface area (Å²) in [4.78, 5) is 0. The number of hydrogen-bond acceptors (Lipinski definition) is 2. The highest BCUT2D eigenvalue weighted by Gasteiger charge is 2.16. The third-order valence-corrected chi connectivity index (χ3v) is 1.42. The zero-order valence-corrected chi connectivity index (χ0v) is 9.43. The lowest BCUT2D eigenvalue weighted by Crippen LogP contribution is -2.23. The van der Waals surface area contributed by atoms with E-state index in [9.17, 15) is 0 Å². The molecule has 0 saturated heterocycles. The molecule has 0 aromatic carbocycles. The van der Waals surface area contributed by atoms with Crippen LogP contribution in [0.2, 0.25) is 19.6 Å². The molecular formula is C8H19NOSi. The van der Waals surface area contributed by atoms with E-state index in [1.807, 2.05) is 6.21 Å². The summed E-state index contributed by atoms with van der Waals surface area (Å²) >= 11 is 0. The van der Waals surface area contributed by atoms with E-state index >= 15 is 0 Å². The molecule has 0 radical (unpaired) electrons. The van der Waals surface area contributed by atoms with Gasteiger partial charge in [-0.05, 0) is 19.6 Å². The van der Waals surface area contributed by atoms with E-state index in [1.54, 1.807) is 0 Å². The Bertz CT molecular complexity index is 141. The van der Waals surface area contributed by atoms with Crippen LogP contribution in [0.15, 0.2) is 5.16 Å². The Morgan fingerprint density at radius 2 is 1.64 bits per heavy atom. The van der Waals surface area contributed by atoms with Gasteiger partial charge in [-0.25, -0.2) is 0 Å². The molecule has 0 aliphatic carbocycles. The lowest BCUT2D eigenvalue weighted by Gasteiger charge is -2.15. The highest BCUT2D eigenvalue weighted by atomic mass is 28.4. The maximum absolute atomic E-state index is 5.31. The van der Waals surface area contributed by atoms with Gasteiger partial charge in [0, 0.05) is 11.6 Å². The fourth-order valence-corrected chi connectivity index (χ4v) is 0.712. The molecule has 11 heavy (non-hydrogen) atoms. The van der Waals surface area contributed by atoms with Crippen LogP contribution in [0.25, 0.3) is 0 Å². The Kier molecular flexibility index (Phi) is 3.29. The van der Waals surface area contributed by atoms with E-state index in [1.165, 1.54) is 0 Å². The summed E-state index contributed by atoms with van der Waals surface area (Å²) in [5.74, 6) is 0. The molecule has 0 atom stereocenters. The van der Waals surface area contributed by atoms with Crippen molar-refractivity contribution in [2.45, 2.75) is 40.4 Å². The molecule has 66 valence electrons. The second-order valence-electron chi connectivity index (χ2n) is 4.80. The van der Waals surface area contributed by atoms with Gasteiger partial charge in [-0.15, -0.1) is 5.16 Å². The van der Waals surface area contributed by atoms with Gasteiger partial charge < -0.3 is 4.53 Å². The normalized spacial score (nSPS) is 14.0. The summed E-state index contributed by atoms with van der Waals surface area (Å²) in [7, 11) is -1.45. The topological polar surface area (TPSA) is 21.6 Å². The quantitative estimate of drug-likeness (QED) is 0.357. The average Bonchev–Trinajstić information content (AvgIpc) is 1.55. The molecule has 0 amide bonds. The second kappa shape index (κ2) is 3.39. The molecule has 0 heterocycles. The van der Waals surface area contributed by atoms with Gasteiger partial charge in [0.1, 0.15) is 0 Å². The molecule has 2 nitrogen and oxygen atoms in total. The first-order valence-electron chi connectivity index (χ1n) is 3.93. The number of hydrogen-bond donors (Lipinski definition) is 0. The third-order valence-electron chi connectivity index (χ3n) is 0.767. The van der Waals surface area contributed by atoms with Crippen LogP contribution in [-0.4, -0.2) is 14.5 Å². The van der Waals surface area contributed by atoms with Crippen molar-refractivity contribution < 1.29 is 4.53 Å². The van der Waals surface area contributed by atoms with Gasteiger partial charge in [0.05, 0.1) is 0 Å². The molecule has 0 aliphatic rings.